The number of nitro benzene ring substituents is 1. The third-order valence-corrected chi connectivity index (χ3v) is 3.38. The van der Waals surface area contributed by atoms with Crippen LogP contribution in [0.4, 0.5) is 10.1 Å². The van der Waals surface area contributed by atoms with Crippen molar-refractivity contribution < 1.29 is 18.8 Å². The van der Waals surface area contributed by atoms with Gasteiger partial charge < -0.3 is 9.64 Å². The highest BCUT2D eigenvalue weighted by Crippen LogP contribution is 2.28. The van der Waals surface area contributed by atoms with Crippen molar-refractivity contribution in [3.8, 4) is 5.75 Å². The molecule has 0 unspecified atom stereocenters. The minimum Gasteiger partial charge on any atom is -0.487 e. The summed E-state index contributed by atoms with van der Waals surface area (Å²) in [6.45, 7) is 2.28. The first kappa shape index (κ1) is 17.4. The van der Waals surface area contributed by atoms with Gasteiger partial charge in [0.05, 0.1) is 11.5 Å². The van der Waals surface area contributed by atoms with Crippen LogP contribution in [0, 0.1) is 15.9 Å². The quantitative estimate of drug-likeness (QED) is 0.600. The predicted molar refractivity (Wildman–Crippen MR) is 86.5 cm³/mol. The molecule has 0 bridgehead atoms. The van der Waals surface area contributed by atoms with Gasteiger partial charge in [-0.2, -0.15) is 0 Å². The maximum absolute atomic E-state index is 12.9. The number of ether oxygens (including phenoxy) is 1. The lowest BCUT2D eigenvalue weighted by Gasteiger charge is -2.17. The zero-order chi connectivity index (χ0) is 17.7. The first-order chi connectivity index (χ1) is 11.4. The second kappa shape index (κ2) is 7.54. The Labute approximate surface area is 138 Å². The van der Waals surface area contributed by atoms with Crippen molar-refractivity contribution in [3.63, 3.8) is 0 Å². The lowest BCUT2D eigenvalue weighted by Crippen LogP contribution is -2.26. The van der Waals surface area contributed by atoms with Crippen molar-refractivity contribution in [2.75, 3.05) is 13.7 Å². The van der Waals surface area contributed by atoms with Gasteiger partial charge in [-0.3, -0.25) is 14.9 Å². The third kappa shape index (κ3) is 4.07. The summed E-state index contributed by atoms with van der Waals surface area (Å²) in [6.07, 6.45) is 0. The molecule has 0 aliphatic rings. The SMILES string of the molecule is CCOc1ccc(C(=O)N(C)Cc2ccc(F)cc2)cc1[N+](=O)[O-]. The molecule has 2 rings (SSSR count). The zero-order valence-electron chi connectivity index (χ0n) is 13.4. The first-order valence-electron chi connectivity index (χ1n) is 7.33. The molecule has 0 aromatic heterocycles. The van der Waals surface area contributed by atoms with Crippen LogP contribution >= 0.6 is 0 Å². The Hall–Kier alpha value is -2.96. The minimum absolute atomic E-state index is 0.125. The molecule has 6 nitrogen and oxygen atoms in total. The number of amides is 1. The molecule has 0 saturated heterocycles. The number of nitro groups is 1. The zero-order valence-corrected chi connectivity index (χ0v) is 13.4. The van der Waals surface area contributed by atoms with E-state index in [1.54, 1.807) is 26.1 Å². The summed E-state index contributed by atoms with van der Waals surface area (Å²) in [6, 6.07) is 9.90. The molecule has 2 aromatic carbocycles. The Balaban J connectivity index is 2.20. The van der Waals surface area contributed by atoms with Gasteiger partial charge >= 0.3 is 5.69 Å². The average molecular weight is 332 g/mol. The Bertz CT molecular complexity index is 747. The van der Waals surface area contributed by atoms with Gasteiger partial charge in [-0.1, -0.05) is 12.1 Å². The maximum atomic E-state index is 12.9. The number of hydrogen-bond acceptors (Lipinski definition) is 4. The van der Waals surface area contributed by atoms with Crippen LogP contribution in [0.25, 0.3) is 0 Å². The Morgan fingerprint density at radius 3 is 2.50 bits per heavy atom. The highest BCUT2D eigenvalue weighted by molar-refractivity contribution is 5.95. The predicted octanol–water partition coefficient (Wildman–Crippen LogP) is 3.40. The Morgan fingerprint density at radius 2 is 1.92 bits per heavy atom. The molecule has 0 radical (unpaired) electrons. The largest absolute Gasteiger partial charge is 0.487 e. The number of rotatable bonds is 6. The normalized spacial score (nSPS) is 10.3. The molecule has 0 spiro atoms. The topological polar surface area (TPSA) is 72.7 Å². The molecule has 0 aliphatic carbocycles. The number of hydrogen-bond donors (Lipinski definition) is 0. The summed E-state index contributed by atoms with van der Waals surface area (Å²) in [5, 5.41) is 11.1. The van der Waals surface area contributed by atoms with Crippen LogP contribution in [0.5, 0.6) is 5.75 Å². The first-order valence-corrected chi connectivity index (χ1v) is 7.33. The molecule has 0 saturated carbocycles. The van der Waals surface area contributed by atoms with E-state index in [0.717, 1.165) is 5.56 Å². The molecular weight excluding hydrogens is 315 g/mol. The van der Waals surface area contributed by atoms with E-state index in [0.29, 0.717) is 6.61 Å². The van der Waals surface area contributed by atoms with Crippen LogP contribution in [0.1, 0.15) is 22.8 Å². The molecule has 2 aromatic rings. The molecular formula is C17H17FN2O4. The second-order valence-corrected chi connectivity index (χ2v) is 5.16. The van der Waals surface area contributed by atoms with Crippen LogP contribution < -0.4 is 4.74 Å². The van der Waals surface area contributed by atoms with Gasteiger partial charge in [0.1, 0.15) is 5.82 Å². The smallest absolute Gasteiger partial charge is 0.311 e. The Kier molecular flexibility index (Phi) is 5.47. The van der Waals surface area contributed by atoms with Gasteiger partial charge in [-0.05, 0) is 36.8 Å². The van der Waals surface area contributed by atoms with E-state index in [9.17, 15) is 19.3 Å². The van der Waals surface area contributed by atoms with Crippen LogP contribution in [0.2, 0.25) is 0 Å². The van der Waals surface area contributed by atoms with E-state index in [4.69, 9.17) is 4.74 Å². The van der Waals surface area contributed by atoms with Crippen molar-refractivity contribution in [1.82, 2.24) is 4.90 Å². The molecule has 0 heterocycles. The average Bonchev–Trinajstić information content (AvgIpc) is 2.56. The molecule has 0 N–H and O–H groups in total. The number of benzene rings is 2. The highest BCUT2D eigenvalue weighted by Gasteiger charge is 2.20. The number of carbonyl (C=O) groups is 1. The van der Waals surface area contributed by atoms with E-state index in [-0.39, 0.29) is 35.3 Å². The van der Waals surface area contributed by atoms with Crippen LogP contribution in [0.15, 0.2) is 42.5 Å². The van der Waals surface area contributed by atoms with Crippen molar-refractivity contribution >= 4 is 11.6 Å². The van der Waals surface area contributed by atoms with Gasteiger partial charge in [0.15, 0.2) is 5.75 Å². The molecule has 7 heteroatoms. The number of carbonyl (C=O) groups excluding carboxylic acids is 1. The minimum atomic E-state index is -0.582. The number of nitrogens with zero attached hydrogens (tertiary/aromatic N) is 2. The summed E-state index contributed by atoms with van der Waals surface area (Å²) < 4.78 is 18.1. The van der Waals surface area contributed by atoms with E-state index in [2.05, 4.69) is 0 Å². The van der Waals surface area contributed by atoms with Gasteiger partial charge in [0.25, 0.3) is 5.91 Å². The van der Waals surface area contributed by atoms with Crippen LogP contribution in [0.3, 0.4) is 0 Å². The summed E-state index contributed by atoms with van der Waals surface area (Å²) in [4.78, 5) is 24.4. The monoisotopic (exact) mass is 332 g/mol. The maximum Gasteiger partial charge on any atom is 0.311 e. The molecule has 1 amide bonds. The molecule has 0 aliphatic heterocycles. The van der Waals surface area contributed by atoms with Crippen molar-refractivity contribution in [3.05, 3.63) is 69.5 Å². The lowest BCUT2D eigenvalue weighted by atomic mass is 10.1. The standard InChI is InChI=1S/C17H17FN2O4/c1-3-24-16-9-6-13(10-15(16)20(22)23)17(21)19(2)11-12-4-7-14(18)8-5-12/h4-10H,3,11H2,1-2H3. The summed E-state index contributed by atoms with van der Waals surface area (Å²) in [5.41, 5.74) is 0.695. The van der Waals surface area contributed by atoms with Gasteiger partial charge in [0.2, 0.25) is 0 Å². The fourth-order valence-corrected chi connectivity index (χ4v) is 2.23. The highest BCUT2D eigenvalue weighted by atomic mass is 19.1. The fraction of sp³-hybridized carbons (Fsp3) is 0.235. The molecule has 0 fully saturated rings. The van der Waals surface area contributed by atoms with Crippen LogP contribution in [-0.4, -0.2) is 29.4 Å². The van der Waals surface area contributed by atoms with E-state index in [1.807, 2.05) is 0 Å². The van der Waals surface area contributed by atoms with Crippen molar-refractivity contribution in [2.24, 2.45) is 0 Å². The van der Waals surface area contributed by atoms with Crippen molar-refractivity contribution in [1.29, 1.82) is 0 Å². The molecule has 126 valence electrons. The summed E-state index contributed by atoms with van der Waals surface area (Å²) in [7, 11) is 1.58. The van der Waals surface area contributed by atoms with Gasteiger partial charge in [-0.15, -0.1) is 0 Å². The Morgan fingerprint density at radius 1 is 1.25 bits per heavy atom. The third-order valence-electron chi connectivity index (χ3n) is 3.38. The van der Waals surface area contributed by atoms with E-state index >= 15 is 0 Å². The molecule has 0 atom stereocenters. The van der Waals surface area contributed by atoms with Crippen LogP contribution in [-0.2, 0) is 6.54 Å². The summed E-state index contributed by atoms with van der Waals surface area (Å²) in [5.74, 6) is -0.597. The number of halogens is 1. The van der Waals surface area contributed by atoms with Gasteiger partial charge in [-0.25, -0.2) is 4.39 Å². The summed E-state index contributed by atoms with van der Waals surface area (Å²) >= 11 is 0. The van der Waals surface area contributed by atoms with E-state index < -0.39 is 4.92 Å². The van der Waals surface area contributed by atoms with Gasteiger partial charge in [0, 0.05) is 25.2 Å². The van der Waals surface area contributed by atoms with E-state index in [1.165, 1.54) is 35.2 Å². The fourth-order valence-electron chi connectivity index (χ4n) is 2.23. The lowest BCUT2D eigenvalue weighted by molar-refractivity contribution is -0.385. The molecule has 24 heavy (non-hydrogen) atoms. The van der Waals surface area contributed by atoms with Crippen molar-refractivity contribution in [2.45, 2.75) is 13.5 Å². The second-order valence-electron chi connectivity index (χ2n) is 5.16.